The molecule has 2 heterocycles. The van der Waals surface area contributed by atoms with Crippen molar-refractivity contribution in [2.24, 2.45) is 0 Å². The van der Waals surface area contributed by atoms with Crippen LogP contribution in [0.5, 0.6) is 11.5 Å². The third-order valence-corrected chi connectivity index (χ3v) is 10.8. The summed E-state index contributed by atoms with van der Waals surface area (Å²) in [5.41, 5.74) is 0.298. The van der Waals surface area contributed by atoms with E-state index in [-0.39, 0.29) is 17.8 Å². The summed E-state index contributed by atoms with van der Waals surface area (Å²) in [6.07, 6.45) is 23.8. The van der Waals surface area contributed by atoms with Gasteiger partial charge in [-0.15, -0.1) is 0 Å². The lowest BCUT2D eigenvalue weighted by molar-refractivity contribution is -0.150. The summed E-state index contributed by atoms with van der Waals surface area (Å²) in [4.78, 5) is 15.2. The Kier molecular flexibility index (Phi) is 10.6. The molecule has 0 aromatic heterocycles. The monoisotopic (exact) mass is 581 g/mol. The Morgan fingerprint density at radius 1 is 0.976 bits per heavy atom. The highest BCUT2D eigenvalue weighted by molar-refractivity contribution is 5.71. The molecule has 0 amide bonds. The lowest BCUT2D eigenvalue weighted by Crippen LogP contribution is -2.69. The van der Waals surface area contributed by atoms with Gasteiger partial charge in [0, 0.05) is 24.4 Å². The summed E-state index contributed by atoms with van der Waals surface area (Å²) in [7, 11) is 2.09. The Labute approximate surface area is 253 Å². The Morgan fingerprint density at radius 2 is 1.60 bits per heavy atom. The maximum Gasteiger partial charge on any atom is 0.310 e. The molecular formula is C36H55NO5. The van der Waals surface area contributed by atoms with Gasteiger partial charge >= 0.3 is 5.97 Å². The van der Waals surface area contributed by atoms with Gasteiger partial charge in [-0.2, -0.15) is 0 Å². The molecule has 1 saturated heterocycles. The number of aromatic hydroxyl groups is 1. The van der Waals surface area contributed by atoms with Gasteiger partial charge in [0.25, 0.3) is 0 Å². The topological polar surface area (TPSA) is 79.2 Å². The van der Waals surface area contributed by atoms with Crippen molar-refractivity contribution in [3.8, 4) is 11.5 Å². The van der Waals surface area contributed by atoms with E-state index in [2.05, 4.69) is 18.9 Å². The van der Waals surface area contributed by atoms with E-state index in [1.54, 1.807) is 6.07 Å². The van der Waals surface area contributed by atoms with E-state index in [9.17, 15) is 15.0 Å². The number of nitrogens with zero attached hydrogens (tertiary/aromatic N) is 1. The van der Waals surface area contributed by atoms with Crippen LogP contribution in [0.2, 0.25) is 0 Å². The number of ether oxygens (including phenoxy) is 2. The van der Waals surface area contributed by atoms with Crippen molar-refractivity contribution in [2.45, 2.75) is 159 Å². The number of carbonyl (C=O) groups excluding carboxylic acids is 1. The number of phenols is 1. The summed E-state index contributed by atoms with van der Waals surface area (Å²) in [5, 5.41) is 23.1. The van der Waals surface area contributed by atoms with Gasteiger partial charge in [-0.25, -0.2) is 0 Å². The van der Waals surface area contributed by atoms with Gasteiger partial charge in [0.15, 0.2) is 17.6 Å². The highest BCUT2D eigenvalue weighted by Gasteiger charge is 2.71. The fraction of sp³-hybridized carbons (Fsp3) is 0.750. The highest BCUT2D eigenvalue weighted by Crippen LogP contribution is 2.64. The lowest BCUT2D eigenvalue weighted by atomic mass is 9.52. The summed E-state index contributed by atoms with van der Waals surface area (Å²) >= 11 is 0. The van der Waals surface area contributed by atoms with Crippen LogP contribution in [0, 0.1) is 0 Å². The molecule has 0 saturated carbocycles. The van der Waals surface area contributed by atoms with Crippen molar-refractivity contribution >= 4 is 5.97 Å². The standard InChI is InChI=1S/C36H55NO5/c1-3-4-5-6-7-8-9-10-11-12-13-14-15-16-17-19-31(39)41-29-22-24-36(40)30-26-27-20-21-28(38)33-32(27)35(36,34(29)42-33)23-18-25-37(30)2/h20-22,30,34,38,40H,3-19,23-26H2,1-2H3/t30-,34+,35+,36-/m1/s1. The molecule has 1 aromatic carbocycles. The number of phenolic OH excluding ortho intramolecular Hbond substituents is 1. The second kappa shape index (κ2) is 14.2. The number of unbranched alkanes of at least 4 members (excludes halogenated alkanes) is 14. The first-order chi connectivity index (χ1) is 20.4. The van der Waals surface area contributed by atoms with Crippen molar-refractivity contribution in [1.82, 2.24) is 4.90 Å². The van der Waals surface area contributed by atoms with Gasteiger partial charge in [0.1, 0.15) is 5.76 Å². The maximum atomic E-state index is 13.0. The molecule has 6 nitrogen and oxygen atoms in total. The fourth-order valence-electron chi connectivity index (χ4n) is 8.52. The zero-order chi connectivity index (χ0) is 29.6. The molecule has 0 radical (unpaired) electrons. The van der Waals surface area contributed by atoms with Gasteiger partial charge in [-0.05, 0) is 57.0 Å². The van der Waals surface area contributed by atoms with Crippen LogP contribution in [0.3, 0.4) is 0 Å². The van der Waals surface area contributed by atoms with Gasteiger partial charge in [-0.1, -0.05) is 103 Å². The van der Waals surface area contributed by atoms with Crippen molar-refractivity contribution < 1.29 is 24.5 Å². The Morgan fingerprint density at radius 3 is 2.24 bits per heavy atom. The minimum atomic E-state index is -1.04. The van der Waals surface area contributed by atoms with E-state index in [1.165, 1.54) is 83.5 Å². The summed E-state index contributed by atoms with van der Waals surface area (Å²) < 4.78 is 12.4. The van der Waals surface area contributed by atoms with Gasteiger partial charge in [-0.3, -0.25) is 4.79 Å². The number of likely N-dealkylation sites (tertiary alicyclic amines) is 1. The minimum absolute atomic E-state index is 0.0529. The van der Waals surface area contributed by atoms with Gasteiger partial charge in [0.2, 0.25) is 0 Å². The number of aliphatic hydroxyl groups is 1. The molecule has 234 valence electrons. The first-order valence-corrected chi connectivity index (χ1v) is 17.3. The van der Waals surface area contributed by atoms with Crippen LogP contribution in [0.15, 0.2) is 24.0 Å². The van der Waals surface area contributed by atoms with E-state index < -0.39 is 17.1 Å². The zero-order valence-electron chi connectivity index (χ0n) is 26.3. The highest BCUT2D eigenvalue weighted by atomic mass is 16.6. The minimum Gasteiger partial charge on any atom is -0.504 e. The van der Waals surface area contributed by atoms with Crippen LogP contribution < -0.4 is 4.74 Å². The van der Waals surface area contributed by atoms with Crippen molar-refractivity contribution in [1.29, 1.82) is 0 Å². The average Bonchev–Trinajstić information content (AvgIpc) is 3.32. The molecular weight excluding hydrogens is 526 g/mol. The molecule has 42 heavy (non-hydrogen) atoms. The third-order valence-electron chi connectivity index (χ3n) is 10.8. The third kappa shape index (κ3) is 6.13. The van der Waals surface area contributed by atoms with Crippen LogP contribution >= 0.6 is 0 Å². The van der Waals surface area contributed by atoms with E-state index in [0.29, 0.717) is 24.4 Å². The van der Waals surface area contributed by atoms with Gasteiger partial charge in [0.05, 0.1) is 11.0 Å². The second-order valence-corrected chi connectivity index (χ2v) is 13.6. The van der Waals surface area contributed by atoms with Crippen molar-refractivity contribution in [3.05, 3.63) is 35.1 Å². The molecule has 5 rings (SSSR count). The largest absolute Gasteiger partial charge is 0.504 e. The molecule has 4 aliphatic rings. The number of likely N-dealkylation sites (N-methyl/N-ethyl adjacent to an activating group) is 1. The van der Waals surface area contributed by atoms with Crippen LogP contribution in [0.4, 0.5) is 0 Å². The average molecular weight is 582 g/mol. The van der Waals surface area contributed by atoms with E-state index >= 15 is 0 Å². The maximum absolute atomic E-state index is 13.0. The number of benzene rings is 1. The molecule has 1 fully saturated rings. The molecule has 1 spiro atoms. The van der Waals surface area contributed by atoms with Crippen LogP contribution in [-0.2, 0) is 21.4 Å². The molecule has 6 heteroatoms. The number of rotatable bonds is 17. The number of hydrogen-bond acceptors (Lipinski definition) is 6. The molecule has 2 aliphatic heterocycles. The zero-order valence-corrected chi connectivity index (χ0v) is 26.3. The first kappa shape index (κ1) is 31.4. The summed E-state index contributed by atoms with van der Waals surface area (Å²) in [6, 6.07) is 3.63. The molecule has 2 aliphatic carbocycles. The Balaban J connectivity index is 1.06. The number of carbonyl (C=O) groups is 1. The van der Waals surface area contributed by atoms with E-state index in [4.69, 9.17) is 9.47 Å². The lowest BCUT2D eigenvalue weighted by Gasteiger charge is -2.56. The van der Waals surface area contributed by atoms with Gasteiger partial charge < -0.3 is 24.6 Å². The molecule has 2 N–H and O–H groups in total. The van der Waals surface area contributed by atoms with E-state index in [1.807, 2.05) is 12.1 Å². The molecule has 1 aromatic rings. The second-order valence-electron chi connectivity index (χ2n) is 13.6. The predicted molar refractivity (Wildman–Crippen MR) is 167 cm³/mol. The first-order valence-electron chi connectivity index (χ1n) is 17.3. The summed E-state index contributed by atoms with van der Waals surface area (Å²) in [6.45, 7) is 3.17. The number of esters is 1. The number of hydrogen-bond donors (Lipinski definition) is 2. The molecule has 0 unspecified atom stereocenters. The van der Waals surface area contributed by atoms with Crippen molar-refractivity contribution in [2.75, 3.05) is 13.6 Å². The molecule has 2 bridgehead atoms. The van der Waals surface area contributed by atoms with Crippen LogP contribution in [0.1, 0.15) is 140 Å². The normalized spacial score (nSPS) is 27.6. The quantitative estimate of drug-likeness (QED) is 0.144. The van der Waals surface area contributed by atoms with Crippen LogP contribution in [-0.4, -0.2) is 52.4 Å². The van der Waals surface area contributed by atoms with Crippen LogP contribution in [0.25, 0.3) is 0 Å². The Hall–Kier alpha value is -2.05. The van der Waals surface area contributed by atoms with E-state index in [0.717, 1.165) is 49.8 Å². The SMILES string of the molecule is CCCCCCCCCCCCCCCCCC(=O)OC1=CC[C@@]2(O)[C@H]3Cc4ccc(O)c5c4[C@@]2(CCCN3C)[C@H]1O5. The summed E-state index contributed by atoms with van der Waals surface area (Å²) in [5.74, 6) is 0.849. The molecule has 4 atom stereocenters. The smallest absolute Gasteiger partial charge is 0.310 e. The van der Waals surface area contributed by atoms with Crippen molar-refractivity contribution in [3.63, 3.8) is 0 Å². The predicted octanol–water partition coefficient (Wildman–Crippen LogP) is 7.86. The fourth-order valence-corrected chi connectivity index (χ4v) is 8.52. The Bertz CT molecular complexity index is 1100.